The minimum absolute atomic E-state index is 0.0569. The summed E-state index contributed by atoms with van der Waals surface area (Å²) in [6, 6.07) is 9.00. The number of benzene rings is 1. The van der Waals surface area contributed by atoms with Gasteiger partial charge in [0.05, 0.1) is 17.3 Å². The molecule has 0 aliphatic rings. The third kappa shape index (κ3) is 3.33. The van der Waals surface area contributed by atoms with Crippen molar-refractivity contribution in [3.8, 4) is 0 Å². The van der Waals surface area contributed by atoms with Crippen LogP contribution >= 0.6 is 11.6 Å². The second-order valence-electron chi connectivity index (χ2n) is 4.76. The fourth-order valence-electron chi connectivity index (χ4n) is 1.81. The Balaban J connectivity index is 2.14. The molecular weight excluding hydrogens is 276 g/mol. The number of anilines is 1. The summed E-state index contributed by atoms with van der Waals surface area (Å²) in [5.41, 5.74) is 1.31. The minimum atomic E-state index is -0.0569. The Hall–Kier alpha value is -1.94. The van der Waals surface area contributed by atoms with Gasteiger partial charge in [0.25, 0.3) is 5.91 Å². The molecule has 106 valence electrons. The Morgan fingerprint density at radius 2 is 2.05 bits per heavy atom. The molecule has 0 spiro atoms. The summed E-state index contributed by atoms with van der Waals surface area (Å²) in [6.07, 6.45) is 0. The molecule has 0 unspecified atom stereocenters. The fraction of sp³-hybridized carbons (Fsp3) is 0.267. The van der Waals surface area contributed by atoms with Crippen LogP contribution in [-0.4, -0.2) is 24.9 Å². The van der Waals surface area contributed by atoms with E-state index in [0.717, 1.165) is 11.5 Å². The van der Waals surface area contributed by atoms with E-state index in [1.165, 1.54) is 4.90 Å². The van der Waals surface area contributed by atoms with Crippen molar-refractivity contribution in [2.75, 3.05) is 19.4 Å². The lowest BCUT2D eigenvalue weighted by Crippen LogP contribution is -2.21. The molecule has 20 heavy (non-hydrogen) atoms. The molecule has 5 heteroatoms. The van der Waals surface area contributed by atoms with Crippen LogP contribution in [0.2, 0.25) is 5.02 Å². The Morgan fingerprint density at radius 3 is 2.65 bits per heavy atom. The Morgan fingerprint density at radius 1 is 1.30 bits per heavy atom. The van der Waals surface area contributed by atoms with Gasteiger partial charge in [-0.05, 0) is 37.3 Å². The Kier molecular flexibility index (Phi) is 4.35. The van der Waals surface area contributed by atoms with Gasteiger partial charge in [-0.2, -0.15) is 0 Å². The number of carbonyl (C=O) groups excluding carboxylic acids is 1. The van der Waals surface area contributed by atoms with Crippen LogP contribution in [0.15, 0.2) is 34.7 Å². The van der Waals surface area contributed by atoms with Crippen LogP contribution in [0.3, 0.4) is 0 Å². The maximum absolute atomic E-state index is 11.9. The first-order chi connectivity index (χ1) is 9.47. The van der Waals surface area contributed by atoms with E-state index < -0.39 is 0 Å². The van der Waals surface area contributed by atoms with Gasteiger partial charge in [0.1, 0.15) is 11.5 Å². The number of halogens is 1. The van der Waals surface area contributed by atoms with Crippen LogP contribution in [0.25, 0.3) is 0 Å². The topological polar surface area (TPSA) is 45.5 Å². The highest BCUT2D eigenvalue weighted by molar-refractivity contribution is 6.33. The number of nitrogens with one attached hydrogen (secondary N) is 1. The van der Waals surface area contributed by atoms with Crippen LogP contribution in [-0.2, 0) is 6.54 Å². The summed E-state index contributed by atoms with van der Waals surface area (Å²) >= 11 is 6.13. The quantitative estimate of drug-likeness (QED) is 0.937. The van der Waals surface area contributed by atoms with E-state index in [1.54, 1.807) is 32.3 Å². The van der Waals surface area contributed by atoms with E-state index in [9.17, 15) is 4.79 Å². The third-order valence-electron chi connectivity index (χ3n) is 2.87. The first kappa shape index (κ1) is 14.5. The molecule has 2 aromatic rings. The zero-order valence-corrected chi connectivity index (χ0v) is 12.5. The predicted octanol–water partition coefficient (Wildman–Crippen LogP) is 3.56. The first-order valence-corrected chi connectivity index (χ1v) is 6.65. The van der Waals surface area contributed by atoms with Crippen molar-refractivity contribution in [3.63, 3.8) is 0 Å². The molecule has 0 bridgehead atoms. The molecule has 1 N–H and O–H groups in total. The largest absolute Gasteiger partial charge is 0.465 e. The molecule has 1 aromatic heterocycles. The molecule has 0 fully saturated rings. The SMILES string of the molecule is Cc1ccc(CNc2cc(C(=O)N(C)C)ccc2Cl)o1. The second-order valence-corrected chi connectivity index (χ2v) is 5.17. The molecule has 0 aliphatic carbocycles. The minimum Gasteiger partial charge on any atom is -0.465 e. The van der Waals surface area contributed by atoms with Gasteiger partial charge in [0, 0.05) is 19.7 Å². The monoisotopic (exact) mass is 292 g/mol. The lowest BCUT2D eigenvalue weighted by molar-refractivity contribution is 0.0827. The standard InChI is InChI=1S/C15H17ClN2O2/c1-10-4-6-12(20-10)9-17-14-8-11(5-7-13(14)16)15(19)18(2)3/h4-8,17H,9H2,1-3H3. The highest BCUT2D eigenvalue weighted by atomic mass is 35.5. The number of hydrogen-bond acceptors (Lipinski definition) is 3. The number of rotatable bonds is 4. The maximum Gasteiger partial charge on any atom is 0.253 e. The lowest BCUT2D eigenvalue weighted by atomic mass is 10.1. The highest BCUT2D eigenvalue weighted by Crippen LogP contribution is 2.24. The van der Waals surface area contributed by atoms with Crippen molar-refractivity contribution < 1.29 is 9.21 Å². The van der Waals surface area contributed by atoms with Crippen LogP contribution < -0.4 is 5.32 Å². The number of amides is 1. The normalized spacial score (nSPS) is 10.4. The van der Waals surface area contributed by atoms with Crippen molar-refractivity contribution in [3.05, 3.63) is 52.4 Å². The summed E-state index contributed by atoms with van der Waals surface area (Å²) < 4.78 is 5.48. The van der Waals surface area contributed by atoms with Gasteiger partial charge in [-0.15, -0.1) is 0 Å². The smallest absolute Gasteiger partial charge is 0.253 e. The number of nitrogens with zero attached hydrogens (tertiary/aromatic N) is 1. The third-order valence-corrected chi connectivity index (χ3v) is 3.20. The summed E-state index contributed by atoms with van der Waals surface area (Å²) in [7, 11) is 3.44. The summed E-state index contributed by atoms with van der Waals surface area (Å²) in [6.45, 7) is 2.42. The van der Waals surface area contributed by atoms with E-state index in [0.29, 0.717) is 22.8 Å². The molecule has 0 saturated heterocycles. The number of aryl methyl sites for hydroxylation is 1. The van der Waals surface area contributed by atoms with Crippen LogP contribution in [0.4, 0.5) is 5.69 Å². The average molecular weight is 293 g/mol. The van der Waals surface area contributed by atoms with Crippen molar-refractivity contribution >= 4 is 23.2 Å². The van der Waals surface area contributed by atoms with E-state index in [1.807, 2.05) is 19.1 Å². The average Bonchev–Trinajstić information content (AvgIpc) is 2.82. The fourth-order valence-corrected chi connectivity index (χ4v) is 2.00. The van der Waals surface area contributed by atoms with Crippen molar-refractivity contribution in [1.82, 2.24) is 4.90 Å². The Labute approximate surface area is 123 Å². The van der Waals surface area contributed by atoms with Gasteiger partial charge < -0.3 is 14.6 Å². The van der Waals surface area contributed by atoms with Crippen molar-refractivity contribution in [2.24, 2.45) is 0 Å². The van der Waals surface area contributed by atoms with Gasteiger partial charge >= 0.3 is 0 Å². The summed E-state index contributed by atoms with van der Waals surface area (Å²) in [5.74, 6) is 1.63. The lowest BCUT2D eigenvalue weighted by Gasteiger charge is -2.13. The zero-order chi connectivity index (χ0) is 14.7. The van der Waals surface area contributed by atoms with Crippen LogP contribution in [0, 0.1) is 6.92 Å². The molecule has 0 atom stereocenters. The first-order valence-electron chi connectivity index (χ1n) is 6.28. The van der Waals surface area contributed by atoms with E-state index in [4.69, 9.17) is 16.0 Å². The van der Waals surface area contributed by atoms with Gasteiger partial charge in [-0.3, -0.25) is 4.79 Å². The Bertz CT molecular complexity index is 620. The molecule has 0 saturated carbocycles. The second kappa shape index (κ2) is 6.01. The van der Waals surface area contributed by atoms with Crippen molar-refractivity contribution in [2.45, 2.75) is 13.5 Å². The summed E-state index contributed by atoms with van der Waals surface area (Å²) in [5, 5.41) is 3.75. The molecule has 0 aliphatic heterocycles. The molecule has 2 rings (SSSR count). The van der Waals surface area contributed by atoms with Gasteiger partial charge in [0.15, 0.2) is 0 Å². The van der Waals surface area contributed by atoms with E-state index in [2.05, 4.69) is 5.32 Å². The van der Waals surface area contributed by atoms with Gasteiger partial charge in [0.2, 0.25) is 0 Å². The molecule has 1 aromatic carbocycles. The molecule has 4 nitrogen and oxygen atoms in total. The van der Waals surface area contributed by atoms with Gasteiger partial charge in [-0.25, -0.2) is 0 Å². The number of furan rings is 1. The van der Waals surface area contributed by atoms with Gasteiger partial charge in [-0.1, -0.05) is 11.6 Å². The zero-order valence-electron chi connectivity index (χ0n) is 11.7. The predicted molar refractivity (Wildman–Crippen MR) is 80.2 cm³/mol. The van der Waals surface area contributed by atoms with Crippen LogP contribution in [0.5, 0.6) is 0 Å². The molecule has 1 amide bonds. The number of carbonyl (C=O) groups is 1. The highest BCUT2D eigenvalue weighted by Gasteiger charge is 2.10. The van der Waals surface area contributed by atoms with E-state index >= 15 is 0 Å². The molecule has 0 radical (unpaired) electrons. The summed E-state index contributed by atoms with van der Waals surface area (Å²) in [4.78, 5) is 13.5. The van der Waals surface area contributed by atoms with E-state index in [-0.39, 0.29) is 5.91 Å². The van der Waals surface area contributed by atoms with Crippen LogP contribution in [0.1, 0.15) is 21.9 Å². The molecule has 1 heterocycles. The van der Waals surface area contributed by atoms with Crippen molar-refractivity contribution in [1.29, 1.82) is 0 Å². The molecular formula is C15H17ClN2O2. The maximum atomic E-state index is 11.9. The number of hydrogen-bond donors (Lipinski definition) is 1.